The average molecular weight is 344 g/mol. The molecule has 0 spiro atoms. The minimum atomic E-state index is -1.12. The highest BCUT2D eigenvalue weighted by Crippen LogP contribution is 2.50. The molecule has 1 aliphatic heterocycles. The number of ether oxygens (including phenoxy) is 2. The van der Waals surface area contributed by atoms with Gasteiger partial charge in [-0.2, -0.15) is 0 Å². The van der Waals surface area contributed by atoms with E-state index in [-0.39, 0.29) is 5.92 Å². The first-order valence-electron chi connectivity index (χ1n) is 8.52. The van der Waals surface area contributed by atoms with E-state index in [4.69, 9.17) is 9.47 Å². The Hall–Kier alpha value is -2.14. The highest BCUT2D eigenvalue weighted by molar-refractivity contribution is 5.92. The zero-order chi connectivity index (χ0) is 18.5. The summed E-state index contributed by atoms with van der Waals surface area (Å²) in [5.74, 6) is -1.75. The molecule has 1 fully saturated rings. The summed E-state index contributed by atoms with van der Waals surface area (Å²) in [5.41, 5.74) is 1.66. The van der Waals surface area contributed by atoms with Crippen LogP contribution in [0, 0.1) is 11.8 Å². The molecule has 1 saturated heterocycles. The largest absolute Gasteiger partial charge is 0.458 e. The van der Waals surface area contributed by atoms with Crippen LogP contribution in [0.5, 0.6) is 0 Å². The lowest BCUT2D eigenvalue weighted by atomic mass is 9.78. The van der Waals surface area contributed by atoms with E-state index in [0.717, 1.165) is 11.1 Å². The van der Waals surface area contributed by atoms with Gasteiger partial charge in [-0.05, 0) is 33.3 Å². The third-order valence-electron chi connectivity index (χ3n) is 5.57. The minimum Gasteiger partial charge on any atom is -0.458 e. The molecule has 0 radical (unpaired) electrons. The van der Waals surface area contributed by atoms with Crippen molar-refractivity contribution in [3.8, 4) is 0 Å². The number of aliphatic hydroxyl groups is 1. The molecule has 0 aromatic heterocycles. The number of carbonyl (C=O) groups excluding carboxylic acids is 2. The Balaban J connectivity index is 2.03. The minimum absolute atomic E-state index is 0.303. The molecule has 0 aromatic rings. The van der Waals surface area contributed by atoms with Crippen LogP contribution in [-0.4, -0.2) is 34.9 Å². The molecule has 2 aliphatic carbocycles. The van der Waals surface area contributed by atoms with Gasteiger partial charge in [-0.25, -0.2) is 9.59 Å². The van der Waals surface area contributed by atoms with Crippen molar-refractivity contribution in [1.82, 2.24) is 0 Å². The van der Waals surface area contributed by atoms with E-state index in [0.29, 0.717) is 17.6 Å². The van der Waals surface area contributed by atoms with Crippen molar-refractivity contribution >= 4 is 11.9 Å². The average Bonchev–Trinajstić information content (AvgIpc) is 2.97. The predicted molar refractivity (Wildman–Crippen MR) is 92.4 cm³/mol. The van der Waals surface area contributed by atoms with Crippen LogP contribution >= 0.6 is 0 Å². The Morgan fingerprint density at radius 1 is 1.52 bits per heavy atom. The smallest absolute Gasteiger partial charge is 0.334 e. The number of hydrogen-bond acceptors (Lipinski definition) is 5. The van der Waals surface area contributed by atoms with Crippen LogP contribution in [0.2, 0.25) is 0 Å². The van der Waals surface area contributed by atoms with Gasteiger partial charge < -0.3 is 14.6 Å². The summed E-state index contributed by atoms with van der Waals surface area (Å²) in [5, 5.41) is 10.8. The van der Waals surface area contributed by atoms with Gasteiger partial charge in [0, 0.05) is 17.6 Å². The fraction of sp³-hybridized carbons (Fsp3) is 0.500. The Labute approximate surface area is 147 Å². The maximum absolute atomic E-state index is 12.3. The SMILES string of the molecule is C=C1C(=O)O[C@H]2[C@H]1[C@@H](OC(=O)/C(C)=C\C)CC(C)=C1C=C[C@](C)(O)[C@@H]12. The first kappa shape index (κ1) is 17.7. The van der Waals surface area contributed by atoms with Gasteiger partial charge >= 0.3 is 11.9 Å². The van der Waals surface area contributed by atoms with Gasteiger partial charge in [0.05, 0.1) is 17.4 Å². The van der Waals surface area contributed by atoms with Gasteiger partial charge in [-0.1, -0.05) is 30.4 Å². The molecule has 5 atom stereocenters. The molecule has 0 saturated carbocycles. The van der Waals surface area contributed by atoms with Gasteiger partial charge in [0.2, 0.25) is 0 Å². The highest BCUT2D eigenvalue weighted by Gasteiger charge is 2.56. The molecule has 5 nitrogen and oxygen atoms in total. The van der Waals surface area contributed by atoms with Crippen molar-refractivity contribution in [3.05, 3.63) is 47.1 Å². The van der Waals surface area contributed by atoms with Crippen LogP contribution in [0.15, 0.2) is 47.1 Å². The molecule has 5 heteroatoms. The van der Waals surface area contributed by atoms with Crippen LogP contribution < -0.4 is 0 Å². The number of fused-ring (bicyclic) bond motifs is 3. The standard InChI is InChI=1S/C20H24O5/c1-6-10(2)18(21)24-14-9-11(3)13-7-8-20(5,23)16(13)17-15(14)12(4)19(22)25-17/h6-8,14-17,23H,4,9H2,1-3,5H3/b10-6-/t14-,15+,16-,17-,20-/m0/s1. The second kappa shape index (κ2) is 5.99. The monoisotopic (exact) mass is 344 g/mol. The van der Waals surface area contributed by atoms with Crippen molar-refractivity contribution in [2.24, 2.45) is 11.8 Å². The topological polar surface area (TPSA) is 72.8 Å². The summed E-state index contributed by atoms with van der Waals surface area (Å²) >= 11 is 0. The summed E-state index contributed by atoms with van der Waals surface area (Å²) in [6.45, 7) is 11.0. The van der Waals surface area contributed by atoms with Crippen molar-refractivity contribution in [2.75, 3.05) is 0 Å². The molecular formula is C20H24O5. The molecule has 0 unspecified atom stereocenters. The number of hydrogen-bond donors (Lipinski definition) is 1. The Bertz CT molecular complexity index is 737. The number of carbonyl (C=O) groups is 2. The molecule has 3 aliphatic rings. The van der Waals surface area contributed by atoms with Gasteiger partial charge in [0.15, 0.2) is 0 Å². The molecule has 134 valence electrons. The maximum Gasteiger partial charge on any atom is 0.334 e. The van der Waals surface area contributed by atoms with Crippen molar-refractivity contribution in [1.29, 1.82) is 0 Å². The lowest BCUT2D eigenvalue weighted by molar-refractivity contribution is -0.150. The predicted octanol–water partition coefficient (Wildman–Crippen LogP) is 2.62. The second-order valence-corrected chi connectivity index (χ2v) is 7.31. The van der Waals surface area contributed by atoms with Gasteiger partial charge in [0.25, 0.3) is 0 Å². The molecule has 0 aromatic carbocycles. The van der Waals surface area contributed by atoms with Gasteiger partial charge in [-0.3, -0.25) is 0 Å². The molecule has 25 heavy (non-hydrogen) atoms. The van der Waals surface area contributed by atoms with E-state index in [1.54, 1.807) is 32.9 Å². The summed E-state index contributed by atoms with van der Waals surface area (Å²) < 4.78 is 11.3. The zero-order valence-corrected chi connectivity index (χ0v) is 15.0. The lowest BCUT2D eigenvalue weighted by Crippen LogP contribution is -2.43. The van der Waals surface area contributed by atoms with E-state index in [9.17, 15) is 14.7 Å². The molecule has 1 N–H and O–H groups in total. The molecule has 3 rings (SSSR count). The van der Waals surface area contributed by atoms with Crippen LogP contribution in [0.3, 0.4) is 0 Å². The summed E-state index contributed by atoms with van der Waals surface area (Å²) in [4.78, 5) is 24.5. The third kappa shape index (κ3) is 2.76. The quantitative estimate of drug-likeness (QED) is 0.616. The Kier molecular flexibility index (Phi) is 4.23. The fourth-order valence-corrected chi connectivity index (χ4v) is 4.03. The van der Waals surface area contributed by atoms with Crippen LogP contribution in [0.1, 0.15) is 34.1 Å². The normalized spacial score (nSPS) is 37.6. The van der Waals surface area contributed by atoms with E-state index in [2.05, 4.69) is 6.58 Å². The molecule has 0 bridgehead atoms. The fourth-order valence-electron chi connectivity index (χ4n) is 4.03. The van der Waals surface area contributed by atoms with E-state index in [1.165, 1.54) is 0 Å². The van der Waals surface area contributed by atoms with Crippen LogP contribution in [0.4, 0.5) is 0 Å². The van der Waals surface area contributed by atoms with Gasteiger partial charge in [-0.15, -0.1) is 0 Å². The van der Waals surface area contributed by atoms with Crippen LogP contribution in [0.25, 0.3) is 0 Å². The maximum atomic E-state index is 12.3. The first-order valence-corrected chi connectivity index (χ1v) is 8.52. The molecule has 0 amide bonds. The lowest BCUT2D eigenvalue weighted by Gasteiger charge is -2.33. The summed E-state index contributed by atoms with van der Waals surface area (Å²) in [7, 11) is 0. The van der Waals surface area contributed by atoms with E-state index in [1.807, 2.05) is 13.0 Å². The third-order valence-corrected chi connectivity index (χ3v) is 5.57. The number of allylic oxidation sites excluding steroid dienone is 2. The Morgan fingerprint density at radius 3 is 2.84 bits per heavy atom. The first-order chi connectivity index (χ1) is 11.7. The highest BCUT2D eigenvalue weighted by atomic mass is 16.6. The molecular weight excluding hydrogens is 320 g/mol. The summed E-state index contributed by atoms with van der Waals surface area (Å²) in [6, 6.07) is 0. The van der Waals surface area contributed by atoms with Crippen LogP contribution in [-0.2, 0) is 19.1 Å². The molecule has 1 heterocycles. The number of esters is 2. The van der Waals surface area contributed by atoms with E-state index >= 15 is 0 Å². The van der Waals surface area contributed by atoms with Crippen molar-refractivity contribution < 1.29 is 24.2 Å². The van der Waals surface area contributed by atoms with E-state index < -0.39 is 35.7 Å². The Morgan fingerprint density at radius 2 is 2.20 bits per heavy atom. The zero-order valence-electron chi connectivity index (χ0n) is 15.0. The second-order valence-electron chi connectivity index (χ2n) is 7.31. The van der Waals surface area contributed by atoms with Gasteiger partial charge in [0.1, 0.15) is 12.2 Å². The van der Waals surface area contributed by atoms with Crippen molar-refractivity contribution in [3.63, 3.8) is 0 Å². The number of rotatable bonds is 2. The summed E-state index contributed by atoms with van der Waals surface area (Å²) in [6.07, 6.45) is 4.64. The van der Waals surface area contributed by atoms with Crippen molar-refractivity contribution in [2.45, 2.75) is 51.9 Å².